The number of aliphatic hydroxyl groups is 1. The van der Waals surface area contributed by atoms with Gasteiger partial charge >= 0.3 is 0 Å². The number of nitrogens with zero attached hydrogens (tertiary/aromatic N) is 1. The van der Waals surface area contributed by atoms with Crippen LogP contribution < -0.4 is 10.2 Å². The minimum atomic E-state index is -4.61. The van der Waals surface area contributed by atoms with Gasteiger partial charge in [-0.25, -0.2) is 0 Å². The number of phosphoric ester groups is 1. The number of likely N-dealkylation sites (N-methyl/N-ethyl adjacent to an activating group) is 1. The largest absolute Gasteiger partial charge is 0.756 e. The van der Waals surface area contributed by atoms with Gasteiger partial charge in [0.2, 0.25) is 5.91 Å². The van der Waals surface area contributed by atoms with Crippen LogP contribution in [0, 0.1) is 0 Å². The van der Waals surface area contributed by atoms with Crippen LogP contribution in [0.25, 0.3) is 0 Å². The number of hydrogen-bond acceptors (Lipinski definition) is 6. The molecule has 460 valence electrons. The Bertz CT molecular complexity index is 1410. The van der Waals surface area contributed by atoms with E-state index >= 15 is 0 Å². The van der Waals surface area contributed by atoms with E-state index < -0.39 is 26.6 Å². The first-order chi connectivity index (χ1) is 38.0. The number of hydrogen-bond donors (Lipinski definition) is 2. The summed E-state index contributed by atoms with van der Waals surface area (Å²) in [5, 5.41) is 13.9. The fraction of sp³-hybridized carbons (Fsp3) is 0.870. The first kappa shape index (κ1) is 76.5. The van der Waals surface area contributed by atoms with E-state index in [4.69, 9.17) is 9.05 Å². The number of rotatable bonds is 63. The molecule has 0 aliphatic heterocycles. The fourth-order valence-electron chi connectivity index (χ4n) is 10.2. The number of quaternary nitrogens is 1. The third-order valence-corrected chi connectivity index (χ3v) is 16.5. The fourth-order valence-corrected chi connectivity index (χ4v) is 10.9. The Morgan fingerprint density at radius 2 is 0.756 bits per heavy atom. The van der Waals surface area contributed by atoms with Crippen molar-refractivity contribution in [2.45, 2.75) is 347 Å². The van der Waals surface area contributed by atoms with Crippen molar-refractivity contribution in [2.75, 3.05) is 40.9 Å². The number of allylic oxidation sites excluding steroid dienone is 7. The summed E-state index contributed by atoms with van der Waals surface area (Å²) in [7, 11) is 1.25. The van der Waals surface area contributed by atoms with Crippen LogP contribution in [0.3, 0.4) is 0 Å². The van der Waals surface area contributed by atoms with Gasteiger partial charge in [-0.15, -0.1) is 0 Å². The van der Waals surface area contributed by atoms with Crippen LogP contribution in [0.4, 0.5) is 0 Å². The second-order valence-electron chi connectivity index (χ2n) is 24.5. The first-order valence-electron chi connectivity index (χ1n) is 34.0. The molecule has 9 heteroatoms. The summed E-state index contributed by atoms with van der Waals surface area (Å²) in [6.07, 6.45) is 80.9. The lowest BCUT2D eigenvalue weighted by molar-refractivity contribution is -0.870. The molecular formula is C69H133N2O6P. The summed E-state index contributed by atoms with van der Waals surface area (Å²) in [6, 6.07) is -0.906. The van der Waals surface area contributed by atoms with Gasteiger partial charge in [0.15, 0.2) is 0 Å². The van der Waals surface area contributed by atoms with Crippen LogP contribution in [0.1, 0.15) is 335 Å². The average Bonchev–Trinajstić information content (AvgIpc) is 3.41. The molecule has 0 spiro atoms. The summed E-state index contributed by atoms with van der Waals surface area (Å²) < 4.78 is 23.4. The average molecular weight is 1120 g/mol. The predicted octanol–water partition coefficient (Wildman–Crippen LogP) is 20.8. The normalized spacial score (nSPS) is 14.0. The summed E-state index contributed by atoms with van der Waals surface area (Å²) >= 11 is 0. The second-order valence-corrected chi connectivity index (χ2v) is 25.9. The summed E-state index contributed by atoms with van der Waals surface area (Å²) in [4.78, 5) is 25.6. The zero-order valence-electron chi connectivity index (χ0n) is 52.6. The molecule has 8 nitrogen and oxygen atoms in total. The Hall–Kier alpha value is -1.54. The van der Waals surface area contributed by atoms with Crippen LogP contribution in [-0.2, 0) is 18.4 Å². The quantitative estimate of drug-likeness (QED) is 0.0272. The van der Waals surface area contributed by atoms with E-state index in [0.29, 0.717) is 17.4 Å². The van der Waals surface area contributed by atoms with Crippen LogP contribution in [0.15, 0.2) is 48.6 Å². The van der Waals surface area contributed by atoms with Crippen molar-refractivity contribution >= 4 is 13.7 Å². The number of carbonyl (C=O) groups is 1. The van der Waals surface area contributed by atoms with E-state index in [9.17, 15) is 19.4 Å². The van der Waals surface area contributed by atoms with Crippen molar-refractivity contribution in [2.24, 2.45) is 0 Å². The van der Waals surface area contributed by atoms with E-state index in [1.807, 2.05) is 27.2 Å². The molecule has 1 amide bonds. The minimum Gasteiger partial charge on any atom is -0.756 e. The van der Waals surface area contributed by atoms with Gasteiger partial charge in [-0.05, 0) is 64.2 Å². The van der Waals surface area contributed by atoms with Gasteiger partial charge in [-0.3, -0.25) is 9.36 Å². The summed E-state index contributed by atoms with van der Waals surface area (Å²) in [5.41, 5.74) is 0. The number of aliphatic hydroxyl groups excluding tert-OH is 1. The highest BCUT2D eigenvalue weighted by Gasteiger charge is 2.23. The van der Waals surface area contributed by atoms with Gasteiger partial charge < -0.3 is 28.8 Å². The molecule has 2 N–H and O–H groups in total. The van der Waals surface area contributed by atoms with Crippen molar-refractivity contribution < 1.29 is 32.9 Å². The molecule has 78 heavy (non-hydrogen) atoms. The van der Waals surface area contributed by atoms with Crippen LogP contribution in [0.2, 0.25) is 0 Å². The van der Waals surface area contributed by atoms with Crippen molar-refractivity contribution in [3.05, 3.63) is 48.6 Å². The Morgan fingerprint density at radius 3 is 1.12 bits per heavy atom. The van der Waals surface area contributed by atoms with Crippen molar-refractivity contribution in [1.29, 1.82) is 0 Å². The van der Waals surface area contributed by atoms with E-state index in [0.717, 1.165) is 44.9 Å². The lowest BCUT2D eigenvalue weighted by Crippen LogP contribution is -2.45. The highest BCUT2D eigenvalue weighted by atomic mass is 31.2. The lowest BCUT2D eigenvalue weighted by atomic mass is 10.0. The van der Waals surface area contributed by atoms with Gasteiger partial charge in [0, 0.05) is 6.42 Å². The molecule has 0 bridgehead atoms. The predicted molar refractivity (Wildman–Crippen MR) is 339 cm³/mol. The third kappa shape index (κ3) is 62.1. The van der Waals surface area contributed by atoms with Crippen molar-refractivity contribution in [3.63, 3.8) is 0 Å². The number of phosphoric acid groups is 1. The summed E-state index contributed by atoms with van der Waals surface area (Å²) in [6.45, 7) is 4.66. The Kier molecular flexibility index (Phi) is 58.9. The van der Waals surface area contributed by atoms with Crippen LogP contribution >= 0.6 is 7.82 Å². The molecular weight excluding hydrogens is 984 g/mol. The molecule has 0 saturated heterocycles. The Morgan fingerprint density at radius 1 is 0.449 bits per heavy atom. The zero-order valence-corrected chi connectivity index (χ0v) is 53.5. The smallest absolute Gasteiger partial charge is 0.268 e. The van der Waals surface area contributed by atoms with Gasteiger partial charge in [-0.1, -0.05) is 313 Å². The van der Waals surface area contributed by atoms with Crippen molar-refractivity contribution in [3.8, 4) is 0 Å². The van der Waals surface area contributed by atoms with E-state index in [1.165, 1.54) is 270 Å². The third-order valence-electron chi connectivity index (χ3n) is 15.5. The van der Waals surface area contributed by atoms with Gasteiger partial charge in [0.1, 0.15) is 13.2 Å². The van der Waals surface area contributed by atoms with Crippen LogP contribution in [0.5, 0.6) is 0 Å². The van der Waals surface area contributed by atoms with Crippen LogP contribution in [-0.4, -0.2) is 68.5 Å². The van der Waals surface area contributed by atoms with Gasteiger partial charge in [0.25, 0.3) is 7.82 Å². The zero-order chi connectivity index (χ0) is 57.0. The first-order valence-corrected chi connectivity index (χ1v) is 35.5. The molecule has 0 radical (unpaired) electrons. The number of unbranched alkanes of at least 4 members (excludes halogenated alkanes) is 44. The molecule has 0 saturated carbocycles. The topological polar surface area (TPSA) is 108 Å². The molecule has 0 rings (SSSR count). The second kappa shape index (κ2) is 60.1. The van der Waals surface area contributed by atoms with Gasteiger partial charge in [0.05, 0.1) is 39.9 Å². The van der Waals surface area contributed by atoms with Crippen molar-refractivity contribution in [1.82, 2.24) is 5.32 Å². The monoisotopic (exact) mass is 1120 g/mol. The maximum atomic E-state index is 13.0. The number of carbonyl (C=O) groups excluding carboxylic acids is 1. The van der Waals surface area contributed by atoms with E-state index in [1.54, 1.807) is 6.08 Å². The molecule has 3 unspecified atom stereocenters. The van der Waals surface area contributed by atoms with Gasteiger partial charge in [-0.2, -0.15) is 0 Å². The summed E-state index contributed by atoms with van der Waals surface area (Å²) in [5.74, 6) is -0.204. The minimum absolute atomic E-state index is 0.00641. The highest BCUT2D eigenvalue weighted by Crippen LogP contribution is 2.38. The number of nitrogens with one attached hydrogen (secondary N) is 1. The number of amides is 1. The molecule has 3 atom stereocenters. The van der Waals surface area contributed by atoms with E-state index in [2.05, 4.69) is 55.6 Å². The molecule has 0 heterocycles. The van der Waals surface area contributed by atoms with E-state index in [-0.39, 0.29) is 12.5 Å². The molecule has 0 aliphatic carbocycles. The SMILES string of the molecule is CCCCCCC/C=C\C/C=C\CCCCCCCCCCCCCCCC(=O)NC(COP(=O)([O-])OCC[N+](C)(C)C)C(O)/C=C/CC/C=C/CCCCCCCCCCCCCCCCCCCCCCCCCCC. The molecule has 0 aromatic carbocycles. The maximum Gasteiger partial charge on any atom is 0.268 e. The molecule has 0 aromatic heterocycles. The molecule has 0 fully saturated rings. The molecule has 0 aliphatic rings. The maximum absolute atomic E-state index is 13.0. The highest BCUT2D eigenvalue weighted by molar-refractivity contribution is 7.45. The Labute approximate surface area is 486 Å². The molecule has 0 aromatic rings. The standard InChI is InChI=1S/C69H133N2O6P/c1-6-8-10-12-14-16-18-20-22-24-26-28-30-32-33-34-35-36-37-39-40-42-44-46-48-50-52-54-56-58-60-62-68(72)67(66-77-78(74,75)76-65-64-71(3,4)5)70-69(73)63-61-59-57-55-53-51-49-47-45-43-41-38-31-29-27-25-23-21-19-17-15-13-11-9-7-2/h19,21,25,27,52,54,60,62,67-68,72H,6-18,20,22-24,26,28-51,53,55-59,61,63-66H2,1-5H3,(H-,70,73,74,75)/b21-19-,27-25-,54-52+,62-60+. The Balaban J connectivity index is 4.12. The lowest BCUT2D eigenvalue weighted by Gasteiger charge is -2.29.